The van der Waals surface area contributed by atoms with Gasteiger partial charge in [-0.2, -0.15) is 5.10 Å². The number of ether oxygens (including phenoxy) is 4. The number of carbonyl (C=O) groups is 3. The second-order valence-corrected chi connectivity index (χ2v) is 16.1. The lowest BCUT2D eigenvalue weighted by Crippen LogP contribution is -2.46. The first-order valence-electron chi connectivity index (χ1n) is 19.8. The number of nitrogens with zero attached hydrogens (tertiary/aromatic N) is 3. The average Bonchev–Trinajstić information content (AvgIpc) is 3.46. The predicted octanol–water partition coefficient (Wildman–Crippen LogP) is 4.34. The van der Waals surface area contributed by atoms with Crippen LogP contribution in [0.3, 0.4) is 0 Å². The fraction of sp³-hybridized carbons (Fsp3) is 0.535. The molecule has 5 bridgehead atoms. The average molecular weight is 823 g/mol. The zero-order chi connectivity index (χ0) is 43.7. The van der Waals surface area contributed by atoms with Crippen molar-refractivity contribution in [2.75, 3.05) is 45.7 Å². The number of amides is 1. The summed E-state index contributed by atoms with van der Waals surface area (Å²) in [6.45, 7) is 15.1. The van der Waals surface area contributed by atoms with Crippen LogP contribution in [0.4, 0.5) is 5.69 Å². The zero-order valence-electron chi connectivity index (χ0n) is 35.3. The Kier molecular flexibility index (Phi) is 13.7. The van der Waals surface area contributed by atoms with Gasteiger partial charge in [0.1, 0.15) is 23.4 Å². The van der Waals surface area contributed by atoms with E-state index in [1.165, 1.54) is 59.4 Å². The van der Waals surface area contributed by atoms with E-state index in [0.717, 1.165) is 13.1 Å². The first-order valence-corrected chi connectivity index (χ1v) is 19.8. The number of hydrogen-bond donors (Lipinski definition) is 6. The molecule has 0 saturated carbocycles. The van der Waals surface area contributed by atoms with Crippen LogP contribution in [-0.4, -0.2) is 130 Å². The Morgan fingerprint density at radius 3 is 2.24 bits per heavy atom. The second-order valence-electron chi connectivity index (χ2n) is 16.1. The van der Waals surface area contributed by atoms with Gasteiger partial charge in [-0.15, -0.1) is 0 Å². The lowest BCUT2D eigenvalue weighted by molar-refractivity contribution is -0.160. The molecule has 0 aliphatic carbocycles. The summed E-state index contributed by atoms with van der Waals surface area (Å²) >= 11 is 0. The summed E-state index contributed by atoms with van der Waals surface area (Å²) in [4.78, 5) is 42.6. The van der Waals surface area contributed by atoms with Crippen molar-refractivity contribution in [3.63, 3.8) is 0 Å². The number of hydrogen-bond acceptors (Lipinski definition) is 15. The van der Waals surface area contributed by atoms with E-state index < -0.39 is 88.8 Å². The Bertz CT molecular complexity index is 2070. The smallest absolute Gasteiger partial charge is 0.312 e. The van der Waals surface area contributed by atoms with Crippen molar-refractivity contribution in [1.82, 2.24) is 9.91 Å². The van der Waals surface area contributed by atoms with Crippen LogP contribution in [0.2, 0.25) is 0 Å². The molecule has 2 aromatic carbocycles. The van der Waals surface area contributed by atoms with Crippen molar-refractivity contribution in [1.29, 1.82) is 0 Å². The SMILES string of the molecule is COC1C=COC2(C)Oc3c(C)c(O)c4c(O)c(c(/C=N/N5CCN(C)CC5)c(O)c4c3C2=O)NC(=O)/C(C)=C\C=C/C(C)C(O)C(C)C(O)C(C)C(OC(C)=O)C1C. The maximum Gasteiger partial charge on any atom is 0.312 e. The number of likely N-dealkylation sites (N-methyl/N-ethyl adjacent to an activating group) is 1. The van der Waals surface area contributed by atoms with Crippen molar-refractivity contribution in [2.45, 2.75) is 85.6 Å². The number of ketones is 1. The van der Waals surface area contributed by atoms with Gasteiger partial charge in [0.2, 0.25) is 0 Å². The van der Waals surface area contributed by atoms with Gasteiger partial charge in [0.25, 0.3) is 11.7 Å². The normalized spacial score (nSPS) is 31.5. The van der Waals surface area contributed by atoms with E-state index in [-0.39, 0.29) is 44.5 Å². The van der Waals surface area contributed by atoms with Crippen LogP contribution in [0.1, 0.15) is 70.0 Å². The number of Topliss-reactive ketones (excluding diaryl/α,β-unsaturated/α-hetero) is 1. The number of allylic oxidation sites excluding steroid dienone is 2. The number of fused-ring (bicyclic) bond motifs is 14. The third kappa shape index (κ3) is 8.91. The number of aliphatic hydroxyl groups excluding tert-OH is 2. The number of phenols is 3. The maximum absolute atomic E-state index is 14.4. The highest BCUT2D eigenvalue weighted by Crippen LogP contribution is 2.55. The number of phenolic OH excluding ortho intramolecular Hbond substituents is 3. The van der Waals surface area contributed by atoms with Crippen LogP contribution < -0.4 is 10.1 Å². The van der Waals surface area contributed by atoms with E-state index in [1.807, 2.05) is 7.05 Å². The summed E-state index contributed by atoms with van der Waals surface area (Å²) in [5.41, 5.74) is -0.350. The molecule has 9 atom stereocenters. The summed E-state index contributed by atoms with van der Waals surface area (Å²) < 4.78 is 23.6. The molecule has 0 radical (unpaired) electrons. The summed E-state index contributed by atoms with van der Waals surface area (Å²) in [5, 5.41) is 66.8. The largest absolute Gasteiger partial charge is 0.507 e. The van der Waals surface area contributed by atoms with Crippen LogP contribution >= 0.6 is 0 Å². The number of aromatic hydroxyl groups is 3. The van der Waals surface area contributed by atoms with E-state index in [4.69, 9.17) is 18.9 Å². The summed E-state index contributed by atoms with van der Waals surface area (Å²) in [6.07, 6.45) is 4.86. The lowest BCUT2D eigenvalue weighted by Gasteiger charge is -2.38. The lowest BCUT2D eigenvalue weighted by atomic mass is 9.78. The Morgan fingerprint density at radius 2 is 1.61 bits per heavy atom. The summed E-state index contributed by atoms with van der Waals surface area (Å²) in [5.74, 6) is -8.34. The summed E-state index contributed by atoms with van der Waals surface area (Å²) in [7, 11) is 3.42. The quantitative estimate of drug-likeness (QED) is 0.109. The van der Waals surface area contributed by atoms with E-state index in [9.17, 15) is 39.9 Å². The molecule has 4 heterocycles. The number of anilines is 1. The van der Waals surface area contributed by atoms with Crippen molar-refractivity contribution in [2.24, 2.45) is 28.8 Å². The fourth-order valence-corrected chi connectivity index (χ4v) is 7.92. The molecule has 0 aromatic heterocycles. The highest BCUT2D eigenvalue weighted by atomic mass is 16.7. The van der Waals surface area contributed by atoms with E-state index in [0.29, 0.717) is 13.1 Å². The molecule has 6 N–H and O–H groups in total. The monoisotopic (exact) mass is 822 g/mol. The fourth-order valence-electron chi connectivity index (χ4n) is 7.92. The standard InChI is InChI=1S/C43H58N4O12/c1-21-12-11-13-22(2)42(55)45-33-28(20-44-47-17-15-46(9)16-18-47)37(52)30-31(38(33)53)36(51)26(6)40-32(30)41(54)43(8,59-40)57-19-14-29(56-10)23(3)39(58-27(7)48)25(5)35(50)24(4)34(21)49/h11-14,19-21,23-25,29,34-35,39,49-53H,15-18H2,1-10H3,(H,45,55)/b12-11-,19-14?,22-13-,44-20+. The first kappa shape index (κ1) is 44.9. The minimum Gasteiger partial charge on any atom is -0.507 e. The molecule has 4 aliphatic rings. The molecule has 6 rings (SSSR count). The molecule has 4 aliphatic heterocycles. The van der Waals surface area contributed by atoms with E-state index in [2.05, 4.69) is 15.3 Å². The van der Waals surface area contributed by atoms with Gasteiger partial charge in [-0.1, -0.05) is 45.9 Å². The number of aliphatic hydroxyl groups is 2. The number of methoxy groups -OCH3 is 1. The molecular weight excluding hydrogens is 764 g/mol. The molecular formula is C43H58N4O12. The Balaban J connectivity index is 1.70. The van der Waals surface area contributed by atoms with Crippen molar-refractivity contribution >= 4 is 40.3 Å². The number of hydrazone groups is 1. The van der Waals surface area contributed by atoms with Crippen LogP contribution in [0.25, 0.3) is 10.8 Å². The molecule has 16 heteroatoms. The minimum absolute atomic E-state index is 0.0559. The number of nitrogens with one attached hydrogen (secondary N) is 1. The predicted molar refractivity (Wildman–Crippen MR) is 220 cm³/mol. The Hall–Kier alpha value is -5.16. The Morgan fingerprint density at radius 1 is 0.949 bits per heavy atom. The van der Waals surface area contributed by atoms with Gasteiger partial charge in [-0.25, -0.2) is 0 Å². The number of rotatable bonds is 4. The molecule has 16 nitrogen and oxygen atoms in total. The molecule has 322 valence electrons. The van der Waals surface area contributed by atoms with Gasteiger partial charge in [-0.3, -0.25) is 19.4 Å². The maximum atomic E-state index is 14.4. The highest BCUT2D eigenvalue weighted by Gasteiger charge is 2.50. The van der Waals surface area contributed by atoms with Crippen molar-refractivity contribution in [3.05, 3.63) is 52.8 Å². The van der Waals surface area contributed by atoms with Gasteiger partial charge in [0.15, 0.2) is 5.75 Å². The number of carbonyl (C=O) groups excluding carboxylic acids is 3. The summed E-state index contributed by atoms with van der Waals surface area (Å²) in [6, 6.07) is 0. The molecule has 1 amide bonds. The third-order valence-electron chi connectivity index (χ3n) is 11.9. The van der Waals surface area contributed by atoms with Gasteiger partial charge in [0.05, 0.1) is 53.0 Å². The first-order chi connectivity index (χ1) is 27.7. The van der Waals surface area contributed by atoms with Gasteiger partial charge in [0, 0.05) is 87.3 Å². The topological polar surface area (TPSA) is 220 Å². The minimum atomic E-state index is -2.04. The van der Waals surface area contributed by atoms with Crippen LogP contribution in [0.15, 0.2) is 41.2 Å². The van der Waals surface area contributed by atoms with Gasteiger partial charge >= 0.3 is 11.8 Å². The third-order valence-corrected chi connectivity index (χ3v) is 11.9. The van der Waals surface area contributed by atoms with E-state index >= 15 is 0 Å². The Labute approximate surface area is 344 Å². The highest BCUT2D eigenvalue weighted by molar-refractivity contribution is 6.23. The van der Waals surface area contributed by atoms with Crippen LogP contribution in [0.5, 0.6) is 23.0 Å². The molecule has 1 saturated heterocycles. The van der Waals surface area contributed by atoms with Crippen LogP contribution in [-0.2, 0) is 23.8 Å². The molecule has 0 spiro atoms. The van der Waals surface area contributed by atoms with Crippen molar-refractivity contribution < 1.29 is 58.9 Å². The second kappa shape index (κ2) is 18.0. The molecule has 2 aromatic rings. The number of benzene rings is 2. The zero-order valence-corrected chi connectivity index (χ0v) is 35.3. The van der Waals surface area contributed by atoms with Crippen molar-refractivity contribution in [3.8, 4) is 23.0 Å². The van der Waals surface area contributed by atoms with Crippen LogP contribution in [0, 0.1) is 30.6 Å². The van der Waals surface area contributed by atoms with E-state index in [1.54, 1.807) is 44.9 Å². The number of esters is 1. The number of piperazine rings is 1. The molecule has 59 heavy (non-hydrogen) atoms. The molecule has 1 fully saturated rings. The van der Waals surface area contributed by atoms with Gasteiger partial charge in [-0.05, 0) is 27.0 Å². The molecule has 9 unspecified atom stereocenters. The van der Waals surface area contributed by atoms with Gasteiger partial charge < -0.3 is 54.7 Å².